The Morgan fingerprint density at radius 1 is 0.297 bits per heavy atom. The minimum atomic E-state index is -0.229. The fraction of sp³-hybridized carbons (Fsp3) is 0.0357. The summed E-state index contributed by atoms with van der Waals surface area (Å²) in [6, 6.07) is 113. The van der Waals surface area contributed by atoms with E-state index < -0.39 is 0 Å². The van der Waals surface area contributed by atoms with Crippen molar-refractivity contribution in [3.63, 3.8) is 0 Å². The van der Waals surface area contributed by atoms with Gasteiger partial charge in [-0.05, 0) is 140 Å². The molecule has 0 N–H and O–H groups in total. The number of benzene rings is 13. The second-order valence-corrected chi connectivity index (χ2v) is 24.6. The molecule has 0 bridgehead atoms. The van der Waals surface area contributed by atoms with E-state index in [0.717, 1.165) is 78.2 Å². The molecule has 1 aliphatic carbocycles. The molecule has 13 aromatic carbocycles. The van der Waals surface area contributed by atoms with E-state index in [2.05, 4.69) is 301 Å². The predicted octanol–water partition coefficient (Wildman–Crippen LogP) is 19.4. The van der Waals surface area contributed by atoms with Crippen LogP contribution in [0.25, 0.3) is 106 Å². The minimum Gasteiger partial charge on any atom is -0.311 e. The number of hydrogen-bond donors (Lipinski definition) is 0. The normalized spacial score (nSPS) is 13.2. The Bertz CT molecular complexity index is 5340. The number of hydrogen-bond acceptors (Lipinski definition) is 5. The van der Waals surface area contributed by atoms with E-state index in [-0.39, 0.29) is 12.1 Å². The summed E-state index contributed by atoms with van der Waals surface area (Å²) in [5, 5.41) is 2.37. The lowest BCUT2D eigenvalue weighted by atomic mass is 9.33. The van der Waals surface area contributed by atoms with Gasteiger partial charge >= 0.3 is 0 Å². The molecule has 6 nitrogen and oxygen atoms in total. The van der Waals surface area contributed by atoms with Crippen molar-refractivity contribution in [2.24, 2.45) is 0 Å². The molecule has 18 rings (SSSR count). The standard InChI is InChI=1S/C84H57BN6/c1-84(2)69-42-17-15-38-64(69)67-52-68-65-39-16-20-45-73(65)91(77(68)53-70(67)84)79-62(40-25-41-66(79)83-87-81(54-26-7-3-8-27-54)86-82(88-83)55-28-9-4-10-29-55)58-32-23-30-56(50-58)57-31-24-33-59(51-57)63-48-49-76-78-80(63)90(61-36-13-6-14-37-61)75-47-22-19-44-72(75)85(78)71-43-18-21-46-74(71)89(76)60-34-11-5-12-35-60/h3-53H,1-2H3. The Hall–Kier alpha value is -11.7. The van der Waals surface area contributed by atoms with Gasteiger partial charge in [0.25, 0.3) is 6.71 Å². The molecule has 0 atom stereocenters. The average molecular weight is 1160 g/mol. The van der Waals surface area contributed by atoms with E-state index in [0.29, 0.717) is 17.5 Å². The molecule has 0 radical (unpaired) electrons. The lowest BCUT2D eigenvalue weighted by Crippen LogP contribution is -2.61. The topological polar surface area (TPSA) is 50.1 Å². The highest BCUT2D eigenvalue weighted by molar-refractivity contribution is 7.00. The van der Waals surface area contributed by atoms with Crippen LogP contribution in [0.15, 0.2) is 309 Å². The fourth-order valence-corrected chi connectivity index (χ4v) is 15.1. The smallest absolute Gasteiger partial charge is 0.252 e. The molecule has 0 amide bonds. The molecule has 0 unspecified atom stereocenters. The van der Waals surface area contributed by atoms with Gasteiger partial charge in [-0.1, -0.05) is 244 Å². The molecule has 426 valence electrons. The van der Waals surface area contributed by atoms with Crippen molar-refractivity contribution >= 4 is 79.0 Å². The zero-order valence-electron chi connectivity index (χ0n) is 50.2. The maximum absolute atomic E-state index is 5.45. The summed E-state index contributed by atoms with van der Waals surface area (Å²) >= 11 is 0. The number of fused-ring (bicyclic) bond motifs is 10. The Kier molecular flexibility index (Phi) is 11.9. The van der Waals surface area contributed by atoms with E-state index in [1.165, 1.54) is 72.2 Å². The first-order valence-corrected chi connectivity index (χ1v) is 31.4. The van der Waals surface area contributed by atoms with E-state index in [1.807, 2.05) is 36.4 Å². The van der Waals surface area contributed by atoms with Gasteiger partial charge in [0.2, 0.25) is 0 Å². The van der Waals surface area contributed by atoms with Gasteiger partial charge in [0.1, 0.15) is 0 Å². The predicted molar refractivity (Wildman–Crippen MR) is 378 cm³/mol. The van der Waals surface area contributed by atoms with Gasteiger partial charge in [0.15, 0.2) is 17.5 Å². The molecule has 0 saturated carbocycles. The summed E-state index contributed by atoms with van der Waals surface area (Å²) < 4.78 is 2.50. The van der Waals surface area contributed by atoms with E-state index >= 15 is 0 Å². The maximum atomic E-state index is 5.45. The molecule has 0 saturated heterocycles. The first-order chi connectivity index (χ1) is 44.9. The number of aromatic nitrogens is 4. The van der Waals surface area contributed by atoms with Crippen LogP contribution in [-0.4, -0.2) is 26.2 Å². The van der Waals surface area contributed by atoms with Gasteiger partial charge in [-0.3, -0.25) is 0 Å². The van der Waals surface area contributed by atoms with Crippen molar-refractivity contribution in [1.29, 1.82) is 0 Å². The average Bonchev–Trinajstić information content (AvgIpc) is 1.55. The van der Waals surface area contributed by atoms with E-state index in [9.17, 15) is 0 Å². The van der Waals surface area contributed by atoms with Gasteiger partial charge in [-0.25, -0.2) is 15.0 Å². The zero-order chi connectivity index (χ0) is 60.3. The van der Waals surface area contributed by atoms with Crippen LogP contribution in [0.5, 0.6) is 0 Å². The summed E-state index contributed by atoms with van der Waals surface area (Å²) in [6.07, 6.45) is 0. The molecule has 15 aromatic rings. The second kappa shape index (κ2) is 20.7. The van der Waals surface area contributed by atoms with E-state index in [1.54, 1.807) is 0 Å². The van der Waals surface area contributed by atoms with Gasteiger partial charge in [0.05, 0.1) is 22.4 Å². The fourth-order valence-electron chi connectivity index (χ4n) is 15.1. The lowest BCUT2D eigenvalue weighted by molar-refractivity contribution is 0.661. The van der Waals surface area contributed by atoms with E-state index in [4.69, 9.17) is 15.0 Å². The van der Waals surface area contributed by atoms with Crippen LogP contribution < -0.4 is 26.2 Å². The third-order valence-corrected chi connectivity index (χ3v) is 19.2. The van der Waals surface area contributed by atoms with Crippen LogP contribution >= 0.6 is 0 Å². The number of rotatable bonds is 9. The third-order valence-electron chi connectivity index (χ3n) is 19.2. The molecule has 0 fully saturated rings. The highest BCUT2D eigenvalue weighted by Gasteiger charge is 2.44. The van der Waals surface area contributed by atoms with Crippen LogP contribution in [0.2, 0.25) is 0 Å². The Morgan fingerprint density at radius 3 is 1.44 bits per heavy atom. The van der Waals surface area contributed by atoms with Crippen LogP contribution in [0.3, 0.4) is 0 Å². The Morgan fingerprint density at radius 2 is 0.780 bits per heavy atom. The number of para-hydroxylation sites is 6. The molecule has 0 spiro atoms. The molecule has 2 aliphatic heterocycles. The van der Waals surface area contributed by atoms with Gasteiger partial charge < -0.3 is 14.4 Å². The van der Waals surface area contributed by atoms with Crippen LogP contribution in [0, 0.1) is 0 Å². The summed E-state index contributed by atoms with van der Waals surface area (Å²) in [7, 11) is 0. The van der Waals surface area contributed by atoms with Crippen molar-refractivity contribution in [1.82, 2.24) is 19.5 Å². The quantitative estimate of drug-likeness (QED) is 0.135. The SMILES string of the molecule is CC1(C)c2ccccc2-c2cc3c4ccccc4n(-c4c(-c5cccc(-c6cccc(-c7ccc8c9c7N(c7ccccc7)c7ccccc7B9c7ccccc7N8c7ccccc7)c6)c5)cccc4-c4nc(-c5ccccc5)nc(-c5ccccc5)n4)c3cc21. The monoisotopic (exact) mass is 1160 g/mol. The second-order valence-electron chi connectivity index (χ2n) is 24.6. The number of anilines is 6. The summed E-state index contributed by atoms with van der Waals surface area (Å²) in [5.41, 5.74) is 28.4. The summed E-state index contributed by atoms with van der Waals surface area (Å²) in [5.74, 6) is 1.81. The summed E-state index contributed by atoms with van der Waals surface area (Å²) in [4.78, 5) is 21.1. The highest BCUT2D eigenvalue weighted by atomic mass is 15.2. The van der Waals surface area contributed by atoms with Crippen LogP contribution in [0.4, 0.5) is 34.1 Å². The minimum absolute atomic E-state index is 0.00672. The Labute approximate surface area is 529 Å². The van der Waals surface area contributed by atoms with Crippen LogP contribution in [0.1, 0.15) is 25.0 Å². The van der Waals surface area contributed by atoms with Crippen molar-refractivity contribution in [3.8, 4) is 84.4 Å². The van der Waals surface area contributed by atoms with Crippen molar-refractivity contribution in [3.05, 3.63) is 321 Å². The first kappa shape index (κ1) is 52.5. The molecular weight excluding hydrogens is 1100 g/mol. The van der Waals surface area contributed by atoms with Crippen LogP contribution in [-0.2, 0) is 5.41 Å². The molecule has 2 aromatic heterocycles. The van der Waals surface area contributed by atoms with Gasteiger partial charge in [-0.2, -0.15) is 0 Å². The molecule has 91 heavy (non-hydrogen) atoms. The highest BCUT2D eigenvalue weighted by Crippen LogP contribution is 2.53. The van der Waals surface area contributed by atoms with Gasteiger partial charge in [0, 0.05) is 72.4 Å². The molecule has 3 aliphatic rings. The van der Waals surface area contributed by atoms with Crippen molar-refractivity contribution < 1.29 is 0 Å². The molecular formula is C84H57BN6. The van der Waals surface area contributed by atoms with Crippen molar-refractivity contribution in [2.75, 3.05) is 9.80 Å². The Balaban J connectivity index is 0.854. The largest absolute Gasteiger partial charge is 0.311 e. The van der Waals surface area contributed by atoms with Gasteiger partial charge in [-0.15, -0.1) is 0 Å². The lowest BCUT2D eigenvalue weighted by Gasteiger charge is -2.45. The summed E-state index contributed by atoms with van der Waals surface area (Å²) in [6.45, 7) is 4.73. The molecule has 7 heteroatoms. The molecule has 4 heterocycles. The zero-order valence-corrected chi connectivity index (χ0v) is 50.2. The third kappa shape index (κ3) is 8.24. The first-order valence-electron chi connectivity index (χ1n) is 31.4. The van der Waals surface area contributed by atoms with Crippen molar-refractivity contribution in [2.45, 2.75) is 19.3 Å². The number of nitrogens with zero attached hydrogens (tertiary/aromatic N) is 6. The maximum Gasteiger partial charge on any atom is 0.252 e.